The summed E-state index contributed by atoms with van der Waals surface area (Å²) in [4.78, 5) is 1.84. The summed E-state index contributed by atoms with van der Waals surface area (Å²) in [6.07, 6.45) is -1.19. The Morgan fingerprint density at radius 2 is 1.81 bits per heavy atom. The Labute approximate surface area is 102 Å². The Hall–Kier alpha value is 0.0900. The summed E-state index contributed by atoms with van der Waals surface area (Å²) < 4.78 is 0. The molecule has 4 atom stereocenters. The number of hydrogen-bond acceptors (Lipinski definition) is 5. The monoisotopic (exact) mass is 255 g/mol. The molecule has 1 fully saturated rings. The Balaban J connectivity index is 0.00000225. The standard InChI is InChI=1S/C10H21NO4.ClH/c1-2-3-4-11-5-8(13)10(15)9(14)7(11)6-12;/h7-10,12-15H,2-6H2,1H3;1H/t7?,8?,9?,10-;/m1./s1. The summed E-state index contributed by atoms with van der Waals surface area (Å²) in [6.45, 7) is 2.89. The predicted octanol–water partition coefficient (Wildman–Crippen LogP) is -1.03. The Morgan fingerprint density at radius 1 is 1.19 bits per heavy atom. The first-order valence-electron chi connectivity index (χ1n) is 5.51. The number of halogens is 1. The lowest BCUT2D eigenvalue weighted by atomic mass is 9.94. The van der Waals surface area contributed by atoms with E-state index in [2.05, 4.69) is 6.92 Å². The van der Waals surface area contributed by atoms with Crippen LogP contribution in [0.3, 0.4) is 0 Å². The zero-order valence-corrected chi connectivity index (χ0v) is 10.3. The average Bonchev–Trinajstić information content (AvgIpc) is 2.23. The van der Waals surface area contributed by atoms with Gasteiger partial charge in [0.2, 0.25) is 0 Å². The minimum absolute atomic E-state index is 0. The van der Waals surface area contributed by atoms with Gasteiger partial charge in [0.1, 0.15) is 12.2 Å². The fourth-order valence-electron chi connectivity index (χ4n) is 2.00. The highest BCUT2D eigenvalue weighted by Gasteiger charge is 2.40. The Kier molecular flexibility index (Phi) is 7.46. The van der Waals surface area contributed by atoms with Gasteiger partial charge in [-0.2, -0.15) is 0 Å². The molecule has 0 aromatic carbocycles. The van der Waals surface area contributed by atoms with E-state index in [1.165, 1.54) is 0 Å². The molecule has 5 nitrogen and oxygen atoms in total. The number of β-amino-alcohol motifs (C(OH)–C–C–N with tert-alkyl or cyclic N) is 1. The Morgan fingerprint density at radius 3 is 2.31 bits per heavy atom. The molecule has 1 heterocycles. The highest BCUT2D eigenvalue weighted by atomic mass is 35.5. The Bertz CT molecular complexity index is 196. The van der Waals surface area contributed by atoms with Gasteiger partial charge >= 0.3 is 0 Å². The molecule has 1 aliphatic heterocycles. The molecule has 0 aliphatic carbocycles. The number of aliphatic hydroxyl groups is 4. The van der Waals surface area contributed by atoms with Crippen LogP contribution in [0.4, 0.5) is 0 Å². The van der Waals surface area contributed by atoms with Gasteiger partial charge in [-0.3, -0.25) is 4.90 Å². The van der Waals surface area contributed by atoms with Crippen molar-refractivity contribution in [2.24, 2.45) is 0 Å². The second kappa shape index (κ2) is 7.42. The van der Waals surface area contributed by atoms with Gasteiger partial charge in [-0.15, -0.1) is 12.4 Å². The molecule has 0 spiro atoms. The molecule has 4 N–H and O–H groups in total. The summed E-state index contributed by atoms with van der Waals surface area (Å²) in [5.74, 6) is 0. The van der Waals surface area contributed by atoms with Crippen LogP contribution in [-0.2, 0) is 0 Å². The maximum atomic E-state index is 9.67. The largest absolute Gasteiger partial charge is 0.395 e. The maximum absolute atomic E-state index is 9.67. The molecule has 1 aliphatic rings. The van der Waals surface area contributed by atoms with Crippen molar-refractivity contribution in [2.45, 2.75) is 44.1 Å². The van der Waals surface area contributed by atoms with Crippen molar-refractivity contribution in [1.82, 2.24) is 4.90 Å². The molecule has 16 heavy (non-hydrogen) atoms. The molecule has 98 valence electrons. The SMILES string of the molecule is CCCCN1CC(O)[C@@H](O)C(O)C1CO.Cl. The third kappa shape index (κ3) is 3.55. The third-order valence-electron chi connectivity index (χ3n) is 3.01. The average molecular weight is 256 g/mol. The number of hydrogen-bond donors (Lipinski definition) is 4. The molecule has 0 bridgehead atoms. The summed E-state index contributed by atoms with van der Waals surface area (Å²) in [7, 11) is 0. The summed E-state index contributed by atoms with van der Waals surface area (Å²) in [6, 6.07) is -0.463. The normalized spacial score (nSPS) is 35.8. The van der Waals surface area contributed by atoms with Crippen molar-refractivity contribution in [3.63, 3.8) is 0 Å². The van der Waals surface area contributed by atoms with Crippen molar-refractivity contribution in [1.29, 1.82) is 0 Å². The number of aliphatic hydroxyl groups excluding tert-OH is 4. The van der Waals surface area contributed by atoms with Gasteiger partial charge in [-0.05, 0) is 13.0 Å². The van der Waals surface area contributed by atoms with E-state index >= 15 is 0 Å². The van der Waals surface area contributed by atoms with E-state index in [-0.39, 0.29) is 19.0 Å². The van der Waals surface area contributed by atoms with Crippen molar-refractivity contribution in [3.05, 3.63) is 0 Å². The van der Waals surface area contributed by atoms with Crippen molar-refractivity contribution in [2.75, 3.05) is 19.7 Å². The second-order valence-electron chi connectivity index (χ2n) is 4.15. The highest BCUT2D eigenvalue weighted by molar-refractivity contribution is 5.85. The van der Waals surface area contributed by atoms with Gasteiger partial charge in [-0.1, -0.05) is 13.3 Å². The molecule has 0 amide bonds. The molecule has 0 aromatic heterocycles. The molecule has 1 rings (SSSR count). The molecule has 6 heteroatoms. The van der Waals surface area contributed by atoms with E-state index in [4.69, 9.17) is 5.11 Å². The van der Waals surface area contributed by atoms with Crippen LogP contribution < -0.4 is 0 Å². The number of rotatable bonds is 4. The van der Waals surface area contributed by atoms with Crippen LogP contribution in [0, 0.1) is 0 Å². The number of nitrogens with zero attached hydrogens (tertiary/aromatic N) is 1. The number of unbranched alkanes of at least 4 members (excludes halogenated alkanes) is 1. The molecular weight excluding hydrogens is 234 g/mol. The quantitative estimate of drug-likeness (QED) is 0.516. The lowest BCUT2D eigenvalue weighted by molar-refractivity contribution is -0.145. The minimum atomic E-state index is -1.15. The van der Waals surface area contributed by atoms with Crippen LogP contribution in [0.1, 0.15) is 19.8 Å². The summed E-state index contributed by atoms with van der Waals surface area (Å²) >= 11 is 0. The second-order valence-corrected chi connectivity index (χ2v) is 4.15. The van der Waals surface area contributed by atoms with Gasteiger partial charge < -0.3 is 20.4 Å². The van der Waals surface area contributed by atoms with Gasteiger partial charge in [0.25, 0.3) is 0 Å². The van der Waals surface area contributed by atoms with Crippen LogP contribution in [0.15, 0.2) is 0 Å². The zero-order valence-electron chi connectivity index (χ0n) is 9.49. The first-order chi connectivity index (χ1) is 7.11. The number of likely N-dealkylation sites (tertiary alicyclic amines) is 1. The summed E-state index contributed by atoms with van der Waals surface area (Å²) in [5, 5.41) is 37.8. The zero-order chi connectivity index (χ0) is 11.4. The van der Waals surface area contributed by atoms with Crippen molar-refractivity contribution >= 4 is 12.4 Å². The lowest BCUT2D eigenvalue weighted by Gasteiger charge is -2.43. The van der Waals surface area contributed by atoms with E-state index in [0.717, 1.165) is 19.4 Å². The van der Waals surface area contributed by atoms with Gasteiger partial charge in [0.05, 0.1) is 18.8 Å². The van der Waals surface area contributed by atoms with Crippen LogP contribution in [0.2, 0.25) is 0 Å². The topological polar surface area (TPSA) is 84.2 Å². The van der Waals surface area contributed by atoms with Crippen LogP contribution in [-0.4, -0.2) is 69.4 Å². The minimum Gasteiger partial charge on any atom is -0.395 e. The lowest BCUT2D eigenvalue weighted by Crippen LogP contribution is -2.62. The maximum Gasteiger partial charge on any atom is 0.109 e. The van der Waals surface area contributed by atoms with Crippen LogP contribution in [0.25, 0.3) is 0 Å². The highest BCUT2D eigenvalue weighted by Crippen LogP contribution is 2.19. The van der Waals surface area contributed by atoms with Crippen LogP contribution in [0.5, 0.6) is 0 Å². The molecular formula is C10H22ClNO4. The fourth-order valence-corrected chi connectivity index (χ4v) is 2.00. The number of piperidine rings is 1. The third-order valence-corrected chi connectivity index (χ3v) is 3.01. The molecule has 3 unspecified atom stereocenters. The summed E-state index contributed by atoms with van der Waals surface area (Å²) in [5.41, 5.74) is 0. The van der Waals surface area contributed by atoms with E-state index in [0.29, 0.717) is 6.54 Å². The van der Waals surface area contributed by atoms with E-state index in [1.54, 1.807) is 0 Å². The van der Waals surface area contributed by atoms with E-state index < -0.39 is 24.4 Å². The van der Waals surface area contributed by atoms with Gasteiger partial charge in [0, 0.05) is 6.54 Å². The predicted molar refractivity (Wildman–Crippen MR) is 62.6 cm³/mol. The van der Waals surface area contributed by atoms with E-state index in [9.17, 15) is 15.3 Å². The van der Waals surface area contributed by atoms with Crippen LogP contribution >= 0.6 is 12.4 Å². The first kappa shape index (κ1) is 16.1. The van der Waals surface area contributed by atoms with Crippen molar-refractivity contribution in [3.8, 4) is 0 Å². The van der Waals surface area contributed by atoms with Gasteiger partial charge in [0.15, 0.2) is 0 Å². The molecule has 1 saturated heterocycles. The molecule has 0 saturated carbocycles. The fraction of sp³-hybridized carbons (Fsp3) is 1.00. The van der Waals surface area contributed by atoms with Crippen molar-refractivity contribution < 1.29 is 20.4 Å². The molecule has 0 aromatic rings. The molecule has 0 radical (unpaired) electrons. The van der Waals surface area contributed by atoms with E-state index in [1.807, 2.05) is 4.90 Å². The first-order valence-corrected chi connectivity index (χ1v) is 5.51. The van der Waals surface area contributed by atoms with Gasteiger partial charge in [-0.25, -0.2) is 0 Å². The smallest absolute Gasteiger partial charge is 0.109 e.